The zero-order chi connectivity index (χ0) is 25.7. The van der Waals surface area contributed by atoms with E-state index in [-0.39, 0.29) is 25.7 Å². The minimum Gasteiger partial charge on any atom is -0.331 e. The maximum atomic E-state index is 13.7. The summed E-state index contributed by atoms with van der Waals surface area (Å²) in [5.74, 6) is 0. The summed E-state index contributed by atoms with van der Waals surface area (Å²) in [5.41, 5.74) is 3.64. The van der Waals surface area contributed by atoms with Gasteiger partial charge in [-0.05, 0) is 30.0 Å². The number of urea groups is 1. The van der Waals surface area contributed by atoms with Gasteiger partial charge in [0.05, 0.1) is 25.2 Å². The Kier molecular flexibility index (Phi) is 8.14. The Morgan fingerprint density at radius 3 is 2.16 bits per heavy atom. The summed E-state index contributed by atoms with van der Waals surface area (Å²) in [6.45, 7) is 4.72. The smallest absolute Gasteiger partial charge is 0.318 e. The molecule has 0 fully saturated rings. The van der Waals surface area contributed by atoms with Gasteiger partial charge in [0.2, 0.25) is 0 Å². The van der Waals surface area contributed by atoms with Crippen LogP contribution in [0.15, 0.2) is 91.0 Å². The lowest BCUT2D eigenvalue weighted by molar-refractivity contribution is -0.542. The molecule has 3 aromatic rings. The van der Waals surface area contributed by atoms with Gasteiger partial charge in [-0.3, -0.25) is 0 Å². The van der Waals surface area contributed by atoms with Gasteiger partial charge >= 0.3 is 6.03 Å². The van der Waals surface area contributed by atoms with E-state index in [2.05, 4.69) is 76.4 Å². The van der Waals surface area contributed by atoms with Gasteiger partial charge in [-0.2, -0.15) is 0 Å². The van der Waals surface area contributed by atoms with E-state index in [1.807, 2.05) is 36.1 Å². The number of hydrogen-bond donors (Lipinski definition) is 1. The molecule has 0 spiro atoms. The van der Waals surface area contributed by atoms with Crippen LogP contribution < -0.4 is 5.32 Å². The van der Waals surface area contributed by atoms with Crippen molar-refractivity contribution < 1.29 is 18.2 Å². The maximum absolute atomic E-state index is 13.7. The molecule has 0 aromatic heterocycles. The van der Waals surface area contributed by atoms with Crippen LogP contribution in [0.4, 0.5) is 4.79 Å². The number of carbonyl (C=O) groups is 1. The summed E-state index contributed by atoms with van der Waals surface area (Å²) in [4.78, 5) is 15.7. The fraction of sp³-hybridized carbons (Fsp3) is 0.345. The van der Waals surface area contributed by atoms with Gasteiger partial charge in [-0.1, -0.05) is 91.0 Å². The number of nitrogens with one attached hydrogen (secondary N) is 1. The van der Waals surface area contributed by atoms with Gasteiger partial charge in [0.25, 0.3) is 0 Å². The van der Waals surface area contributed by atoms with Crippen LogP contribution in [0.5, 0.6) is 0 Å². The van der Waals surface area contributed by atoms with Crippen LogP contribution in [-0.4, -0.2) is 61.2 Å². The fourth-order valence-electron chi connectivity index (χ4n) is 4.92. The van der Waals surface area contributed by atoms with Gasteiger partial charge in [0, 0.05) is 6.42 Å². The number of carbonyl (C=O) groups excluding carboxylic acids is 1. The lowest BCUT2D eigenvalue weighted by atomic mass is 10.0. The molecule has 1 N–H and O–H groups in total. The first-order chi connectivity index (χ1) is 18.0. The van der Waals surface area contributed by atoms with Crippen molar-refractivity contribution >= 4 is 21.0 Å². The van der Waals surface area contributed by atoms with E-state index in [1.54, 1.807) is 0 Å². The lowest BCUT2D eigenvalue weighted by Gasteiger charge is -2.36. The summed E-state index contributed by atoms with van der Waals surface area (Å²) in [6.07, 6.45) is 1.71. The summed E-state index contributed by atoms with van der Waals surface area (Å²) in [6, 6.07) is 31.3. The normalized spacial score (nSPS) is 24.6. The Labute approximate surface area is 221 Å². The predicted molar refractivity (Wildman–Crippen MR) is 152 cm³/mol. The molecular weight excluding hydrogens is 480 g/mol. The van der Waals surface area contributed by atoms with Crippen molar-refractivity contribution in [2.24, 2.45) is 0 Å². The Morgan fingerprint density at radius 1 is 0.946 bits per heavy atom. The van der Waals surface area contributed by atoms with Crippen LogP contribution in [0.2, 0.25) is 0 Å². The van der Waals surface area contributed by atoms with Crippen molar-refractivity contribution in [3.63, 3.8) is 0 Å². The molecule has 2 heterocycles. The molecule has 6 nitrogen and oxygen atoms in total. The highest BCUT2D eigenvalue weighted by molar-refractivity contribution is 7.79. The highest BCUT2D eigenvalue weighted by Crippen LogP contribution is 2.52. The zero-order valence-corrected chi connectivity index (χ0v) is 21.6. The van der Waals surface area contributed by atoms with Crippen LogP contribution in [0.25, 0.3) is 0 Å². The van der Waals surface area contributed by atoms with Crippen LogP contribution in [0.1, 0.15) is 29.7 Å². The topological polar surface area (TPSA) is 53.8 Å². The Hall–Kier alpha value is -2.86. The highest BCUT2D eigenvalue weighted by atomic mass is 31.2. The molecule has 2 aliphatic rings. The molecule has 0 bridgehead atoms. The van der Waals surface area contributed by atoms with Crippen LogP contribution >= 0.6 is 7.39 Å². The molecule has 5 rings (SSSR count). The molecule has 0 aliphatic carbocycles. The van der Waals surface area contributed by atoms with Gasteiger partial charge in [0.1, 0.15) is 14.2 Å². The van der Waals surface area contributed by atoms with Gasteiger partial charge in [-0.25, -0.2) is 9.12 Å². The molecule has 0 unspecified atom stereocenters. The second kappa shape index (κ2) is 11.7. The average Bonchev–Trinajstić information content (AvgIpc) is 3.22. The van der Waals surface area contributed by atoms with E-state index in [0.29, 0.717) is 25.8 Å². The minimum atomic E-state index is -1.94. The predicted octanol–water partition coefficient (Wildman–Crippen LogP) is 4.37. The first kappa shape index (κ1) is 25.8. The van der Waals surface area contributed by atoms with E-state index in [9.17, 15) is 4.79 Å². The Morgan fingerprint density at radius 2 is 1.51 bits per heavy atom. The SMILES string of the molecule is [BH3-][P@]12=[N+](CCN(C(=O)N[C@H](C)c3ccccc3)[C@@H](Cc3ccccc3)CO1)[C@@H](Cc1ccccc1)CO2. The fourth-order valence-corrected chi connectivity index (χ4v) is 6.56. The van der Waals surface area contributed by atoms with Crippen molar-refractivity contribution in [1.82, 2.24) is 10.2 Å². The van der Waals surface area contributed by atoms with Crippen molar-refractivity contribution in [2.75, 3.05) is 26.3 Å². The zero-order valence-electron chi connectivity index (χ0n) is 20.7. The highest BCUT2D eigenvalue weighted by Gasteiger charge is 2.40. The third-order valence-electron chi connectivity index (χ3n) is 6.93. The van der Waals surface area contributed by atoms with E-state index in [4.69, 9.17) is 9.05 Å². The monoisotopic (exact) mass is 517 g/mol. The minimum absolute atomic E-state index is 0.0328. The van der Waals surface area contributed by atoms with Crippen molar-refractivity contribution in [2.45, 2.75) is 37.9 Å². The lowest BCUT2D eigenvalue weighted by Crippen LogP contribution is -2.52. The van der Waals surface area contributed by atoms with Gasteiger partial charge in [0.15, 0.2) is 20.0 Å². The number of benzene rings is 3. The Balaban J connectivity index is 1.38. The van der Waals surface area contributed by atoms with E-state index in [0.717, 1.165) is 24.9 Å². The quantitative estimate of drug-likeness (QED) is 0.391. The second-order valence-corrected chi connectivity index (χ2v) is 11.0. The third-order valence-corrected chi connectivity index (χ3v) is 8.61. The number of rotatable bonds is 6. The van der Waals surface area contributed by atoms with E-state index >= 15 is 0 Å². The summed E-state index contributed by atoms with van der Waals surface area (Å²) in [5, 5.41) is 3.26. The van der Waals surface area contributed by atoms with E-state index in [1.165, 1.54) is 11.1 Å². The van der Waals surface area contributed by atoms with Crippen molar-refractivity contribution in [3.8, 4) is 0 Å². The second-order valence-electron chi connectivity index (χ2n) is 9.45. The molecule has 3 aromatic carbocycles. The number of hydrogen-bond acceptors (Lipinski definition) is 3. The molecule has 2 amide bonds. The van der Waals surface area contributed by atoms with Crippen LogP contribution in [0.3, 0.4) is 0 Å². The first-order valence-electron chi connectivity index (χ1n) is 12.7. The molecule has 2 aliphatic heterocycles. The average molecular weight is 517 g/mol. The molecule has 0 saturated carbocycles. The summed E-state index contributed by atoms with van der Waals surface area (Å²) < 4.78 is 15.7. The third kappa shape index (κ3) is 6.18. The van der Waals surface area contributed by atoms with Crippen LogP contribution in [-0.2, 0) is 21.9 Å². The summed E-state index contributed by atoms with van der Waals surface area (Å²) >= 11 is 0. The molecular formula is C29H37BN3O3P. The largest absolute Gasteiger partial charge is 0.331 e. The molecule has 8 heteroatoms. The number of amides is 2. The van der Waals surface area contributed by atoms with Gasteiger partial charge < -0.3 is 19.3 Å². The van der Waals surface area contributed by atoms with Gasteiger partial charge in [-0.15, -0.1) is 0 Å². The molecule has 4 atom stereocenters. The molecule has 0 radical (unpaired) electrons. The van der Waals surface area contributed by atoms with Crippen molar-refractivity contribution in [3.05, 3.63) is 108 Å². The van der Waals surface area contributed by atoms with E-state index < -0.39 is 7.39 Å². The molecule has 194 valence electrons. The maximum Gasteiger partial charge on any atom is 0.318 e. The standard InChI is InChI=1S/C29H37BN3O3P/c1-23(26-15-9-4-10-16-26)31-29(34)32-17-18-33-28(20-25-13-7-3-8-14-25)22-36-37(33,30)35-21-27(32)19-24-11-5-2-6-12-24/h2-16,23,27-28H,17-22H2,1,30H3,(H,31,34)/t23-,27+,28+,37+/m1/s1. The van der Waals surface area contributed by atoms with Crippen LogP contribution in [0, 0.1) is 0 Å². The summed E-state index contributed by atoms with van der Waals surface area (Å²) in [7, 11) is -2.14. The van der Waals surface area contributed by atoms with Crippen molar-refractivity contribution in [1.29, 1.82) is 0 Å². The molecule has 0 saturated heterocycles. The Bertz CT molecular complexity index is 1240. The first-order valence-corrected chi connectivity index (χ1v) is 13.8. The molecule has 37 heavy (non-hydrogen) atoms. The number of nitrogens with zero attached hydrogens (tertiary/aromatic N) is 2.